The molecule has 1 unspecified atom stereocenters. The smallest absolute Gasteiger partial charge is 0.339 e. The minimum Gasteiger partial charge on any atom is -0.871 e. The molecule has 2 aromatic rings. The van der Waals surface area contributed by atoms with E-state index in [1.54, 1.807) is 6.07 Å². The van der Waals surface area contributed by atoms with Crippen molar-refractivity contribution in [1.29, 1.82) is 0 Å². The molecule has 3 rings (SSSR count). The van der Waals surface area contributed by atoms with Gasteiger partial charge in [0.2, 0.25) is 0 Å². The Bertz CT molecular complexity index is 843. The summed E-state index contributed by atoms with van der Waals surface area (Å²) in [7, 11) is 0. The summed E-state index contributed by atoms with van der Waals surface area (Å²) in [6, 6.07) is 2.20. The van der Waals surface area contributed by atoms with Crippen LogP contribution in [0.4, 0.5) is 0 Å². The van der Waals surface area contributed by atoms with Crippen LogP contribution in [-0.2, 0) is 13.0 Å². The van der Waals surface area contributed by atoms with Crippen LogP contribution in [0, 0.1) is 6.92 Å². The van der Waals surface area contributed by atoms with Crippen molar-refractivity contribution in [3.8, 4) is 5.75 Å². The molecular formula is C20H26ClNO3. The van der Waals surface area contributed by atoms with Crippen LogP contribution in [0.15, 0.2) is 15.3 Å². The van der Waals surface area contributed by atoms with Crippen LogP contribution in [0.3, 0.4) is 0 Å². The lowest BCUT2D eigenvalue weighted by Gasteiger charge is -2.33. The van der Waals surface area contributed by atoms with E-state index in [9.17, 15) is 9.90 Å². The average molecular weight is 364 g/mol. The molecule has 1 N–H and O–H groups in total. The third kappa shape index (κ3) is 3.30. The topological polar surface area (TPSA) is 57.7 Å². The van der Waals surface area contributed by atoms with Crippen molar-refractivity contribution < 1.29 is 14.4 Å². The first-order chi connectivity index (χ1) is 12.0. The summed E-state index contributed by atoms with van der Waals surface area (Å²) in [5.41, 5.74) is 2.18. The van der Waals surface area contributed by atoms with Gasteiger partial charge in [-0.05, 0) is 50.7 Å². The molecule has 0 radical (unpaired) electrons. The number of halogens is 1. The number of aryl methyl sites for hydroxylation is 1. The van der Waals surface area contributed by atoms with Crippen molar-refractivity contribution in [3.05, 3.63) is 38.2 Å². The molecule has 1 aromatic heterocycles. The van der Waals surface area contributed by atoms with Crippen LogP contribution < -0.4 is 15.6 Å². The molecule has 2 atom stereocenters. The molecule has 2 heterocycles. The Kier molecular flexibility index (Phi) is 5.40. The Balaban J connectivity index is 2.16. The van der Waals surface area contributed by atoms with E-state index < -0.39 is 0 Å². The second-order valence-electron chi connectivity index (χ2n) is 7.08. The molecule has 0 saturated carbocycles. The summed E-state index contributed by atoms with van der Waals surface area (Å²) in [4.78, 5) is 13.7. The Labute approximate surface area is 153 Å². The molecular weight excluding hydrogens is 338 g/mol. The highest BCUT2D eigenvalue weighted by molar-refractivity contribution is 6.33. The third-order valence-corrected chi connectivity index (χ3v) is 5.99. The first-order valence-electron chi connectivity index (χ1n) is 9.27. The van der Waals surface area contributed by atoms with E-state index in [4.69, 9.17) is 16.0 Å². The highest BCUT2D eigenvalue weighted by atomic mass is 35.5. The van der Waals surface area contributed by atoms with Gasteiger partial charge in [0.15, 0.2) is 0 Å². The van der Waals surface area contributed by atoms with E-state index in [2.05, 4.69) is 6.92 Å². The predicted octanol–water partition coefficient (Wildman–Crippen LogP) is 2.74. The summed E-state index contributed by atoms with van der Waals surface area (Å²) in [5.74, 6) is -0.200. The maximum Gasteiger partial charge on any atom is 0.339 e. The van der Waals surface area contributed by atoms with Crippen molar-refractivity contribution in [2.24, 2.45) is 0 Å². The minimum atomic E-state index is -0.337. The van der Waals surface area contributed by atoms with Crippen molar-refractivity contribution in [1.82, 2.24) is 0 Å². The van der Waals surface area contributed by atoms with Crippen molar-refractivity contribution >= 4 is 22.6 Å². The van der Waals surface area contributed by atoms with Gasteiger partial charge in [-0.2, -0.15) is 0 Å². The number of hydrogen-bond acceptors (Lipinski definition) is 3. The lowest BCUT2D eigenvalue weighted by molar-refractivity contribution is -0.944. The van der Waals surface area contributed by atoms with E-state index in [-0.39, 0.29) is 16.4 Å². The number of nitrogens with one attached hydrogen (secondary N) is 1. The zero-order valence-electron chi connectivity index (χ0n) is 15.2. The molecule has 1 aliphatic rings. The Morgan fingerprint density at radius 1 is 1.32 bits per heavy atom. The molecule has 136 valence electrons. The number of quaternary nitrogens is 1. The van der Waals surface area contributed by atoms with Gasteiger partial charge in [-0.25, -0.2) is 4.79 Å². The second kappa shape index (κ2) is 7.38. The van der Waals surface area contributed by atoms with Gasteiger partial charge in [-0.15, -0.1) is 0 Å². The van der Waals surface area contributed by atoms with Crippen LogP contribution in [0.25, 0.3) is 11.0 Å². The highest BCUT2D eigenvalue weighted by Crippen LogP contribution is 2.34. The normalized spacial score (nSPS) is 21.0. The lowest BCUT2D eigenvalue weighted by atomic mass is 9.97. The maximum absolute atomic E-state index is 12.7. The zero-order valence-corrected chi connectivity index (χ0v) is 16.0. The van der Waals surface area contributed by atoms with E-state index in [0.717, 1.165) is 23.9 Å². The highest BCUT2D eigenvalue weighted by Gasteiger charge is 2.26. The summed E-state index contributed by atoms with van der Waals surface area (Å²) in [6.07, 6.45) is 5.29. The Morgan fingerprint density at radius 2 is 2.08 bits per heavy atom. The fourth-order valence-electron chi connectivity index (χ4n) is 4.21. The molecule has 1 aliphatic heterocycles. The fourth-order valence-corrected chi connectivity index (χ4v) is 4.43. The first kappa shape index (κ1) is 18.3. The number of hydrogen-bond donors (Lipinski definition) is 1. The number of fused-ring (bicyclic) bond motifs is 1. The van der Waals surface area contributed by atoms with Crippen molar-refractivity contribution in [3.63, 3.8) is 0 Å². The van der Waals surface area contributed by atoms with Gasteiger partial charge in [0, 0.05) is 21.5 Å². The second-order valence-corrected chi connectivity index (χ2v) is 7.48. The Hall–Kier alpha value is -1.52. The summed E-state index contributed by atoms with van der Waals surface area (Å²) >= 11 is 6.25. The van der Waals surface area contributed by atoms with Crippen LogP contribution in [0.1, 0.15) is 56.2 Å². The number of rotatable bonds is 4. The number of piperidine rings is 1. The molecule has 0 spiro atoms. The molecule has 5 heteroatoms. The van der Waals surface area contributed by atoms with Gasteiger partial charge in [-0.1, -0.05) is 31.2 Å². The van der Waals surface area contributed by atoms with Crippen molar-refractivity contribution in [2.45, 2.75) is 65.5 Å². The molecule has 1 fully saturated rings. The third-order valence-electron chi connectivity index (χ3n) is 5.71. The summed E-state index contributed by atoms with van der Waals surface area (Å²) in [5, 5.41) is 13.7. The van der Waals surface area contributed by atoms with E-state index in [0.29, 0.717) is 35.7 Å². The van der Waals surface area contributed by atoms with Gasteiger partial charge in [0.25, 0.3) is 0 Å². The molecule has 1 saturated heterocycles. The summed E-state index contributed by atoms with van der Waals surface area (Å²) in [6.45, 7) is 7.65. The Morgan fingerprint density at radius 3 is 2.76 bits per heavy atom. The summed E-state index contributed by atoms with van der Waals surface area (Å²) < 4.78 is 5.61. The molecule has 0 aliphatic carbocycles. The lowest BCUT2D eigenvalue weighted by Crippen LogP contribution is -3.15. The van der Waals surface area contributed by atoms with Crippen LogP contribution >= 0.6 is 11.6 Å². The zero-order chi connectivity index (χ0) is 18.1. The molecule has 4 nitrogen and oxygen atoms in total. The standard InChI is InChI=1S/C20H26ClNO3/c1-4-13-8-6-7-9-22(13)11-16-18(23)17(21)10-15-12(3)14(5-2)20(24)25-19(15)16/h10,13,23H,4-9,11H2,1-3H3/t13-/m1/s1. The van der Waals surface area contributed by atoms with Gasteiger partial charge in [0.05, 0.1) is 12.6 Å². The van der Waals surface area contributed by atoms with Gasteiger partial charge >= 0.3 is 5.63 Å². The number of benzene rings is 1. The molecule has 25 heavy (non-hydrogen) atoms. The number of likely N-dealkylation sites (tertiary alicyclic amines) is 1. The van der Waals surface area contributed by atoms with Gasteiger partial charge in [0.1, 0.15) is 12.1 Å². The largest absolute Gasteiger partial charge is 0.871 e. The first-order valence-corrected chi connectivity index (χ1v) is 9.64. The predicted molar refractivity (Wildman–Crippen MR) is 98.5 cm³/mol. The minimum absolute atomic E-state index is 0.200. The fraction of sp³-hybridized carbons (Fsp3) is 0.550. The maximum atomic E-state index is 12.7. The van der Waals surface area contributed by atoms with E-state index in [1.807, 2.05) is 13.8 Å². The monoisotopic (exact) mass is 363 g/mol. The van der Waals surface area contributed by atoms with Crippen LogP contribution in [0.2, 0.25) is 5.02 Å². The van der Waals surface area contributed by atoms with E-state index >= 15 is 0 Å². The van der Waals surface area contributed by atoms with Crippen LogP contribution in [-0.4, -0.2) is 12.6 Å². The van der Waals surface area contributed by atoms with Gasteiger partial charge < -0.3 is 14.4 Å². The quantitative estimate of drug-likeness (QED) is 0.850. The van der Waals surface area contributed by atoms with E-state index in [1.165, 1.54) is 24.2 Å². The molecule has 0 bridgehead atoms. The molecule has 1 aromatic carbocycles. The van der Waals surface area contributed by atoms with Crippen LogP contribution in [0.5, 0.6) is 5.75 Å². The molecule has 0 amide bonds. The average Bonchev–Trinajstić information content (AvgIpc) is 2.61. The van der Waals surface area contributed by atoms with Crippen molar-refractivity contribution in [2.75, 3.05) is 6.54 Å². The van der Waals surface area contributed by atoms with Gasteiger partial charge in [-0.3, -0.25) is 0 Å². The SMILES string of the molecule is CCc1c(C)c2cc(Cl)c([O-])c(C[NH+]3CCCC[C@H]3CC)c2oc1=O.